The van der Waals surface area contributed by atoms with Crippen LogP contribution < -0.4 is 21.1 Å². The lowest BCUT2D eigenvalue weighted by Gasteiger charge is -2.12. The van der Waals surface area contributed by atoms with Gasteiger partial charge in [0.1, 0.15) is 5.75 Å². The van der Waals surface area contributed by atoms with Gasteiger partial charge in [0.2, 0.25) is 11.8 Å². The van der Waals surface area contributed by atoms with Gasteiger partial charge in [0.15, 0.2) is 0 Å². The van der Waals surface area contributed by atoms with Crippen molar-refractivity contribution in [3.63, 3.8) is 0 Å². The minimum atomic E-state index is -0.591. The van der Waals surface area contributed by atoms with Crippen molar-refractivity contribution in [3.8, 4) is 5.75 Å². The molecule has 116 valence electrons. The number of aryl methyl sites for hydroxylation is 1. The zero-order valence-corrected chi connectivity index (χ0v) is 13.1. The fraction of sp³-hybridized carbons (Fsp3) is 0.429. The van der Waals surface area contributed by atoms with E-state index >= 15 is 0 Å². The third-order valence-corrected chi connectivity index (χ3v) is 3.23. The molecule has 1 rings (SSSR count). The molecular formula is C14H20ClN3O3. The molecule has 0 saturated carbocycles. The summed E-state index contributed by atoms with van der Waals surface area (Å²) in [6, 6.07) is 2.79. The van der Waals surface area contributed by atoms with Gasteiger partial charge in [0.25, 0.3) is 0 Å². The molecule has 0 aromatic heterocycles. The summed E-state index contributed by atoms with van der Waals surface area (Å²) in [5.41, 5.74) is 6.78. The van der Waals surface area contributed by atoms with Gasteiger partial charge in [0, 0.05) is 24.1 Å². The van der Waals surface area contributed by atoms with Crippen LogP contribution in [-0.2, 0) is 9.59 Å². The number of ether oxygens (including phenoxy) is 1. The highest BCUT2D eigenvalue weighted by atomic mass is 35.5. The number of nitrogens with two attached hydrogens (primary N) is 1. The Morgan fingerprint density at radius 2 is 2.10 bits per heavy atom. The Balaban J connectivity index is 2.59. The zero-order chi connectivity index (χ0) is 16.0. The number of carbonyl (C=O) groups is 2. The Morgan fingerprint density at radius 1 is 1.43 bits per heavy atom. The first-order valence-electron chi connectivity index (χ1n) is 6.52. The summed E-state index contributed by atoms with van der Waals surface area (Å²) in [7, 11) is 1.50. The summed E-state index contributed by atoms with van der Waals surface area (Å²) in [4.78, 5) is 23.1. The van der Waals surface area contributed by atoms with Crippen LogP contribution in [0.15, 0.2) is 12.1 Å². The minimum absolute atomic E-state index is 0.142. The Bertz CT molecular complexity index is 532. The predicted octanol–water partition coefficient (Wildman–Crippen LogP) is 1.45. The van der Waals surface area contributed by atoms with Gasteiger partial charge in [-0.25, -0.2) is 0 Å². The number of nitrogens with one attached hydrogen (secondary N) is 2. The predicted molar refractivity (Wildman–Crippen MR) is 82.6 cm³/mol. The molecule has 0 aliphatic carbocycles. The Labute approximate surface area is 129 Å². The molecule has 1 atom stereocenters. The van der Waals surface area contributed by atoms with Crippen LogP contribution in [0.5, 0.6) is 5.75 Å². The number of anilines is 1. The second kappa shape index (κ2) is 7.85. The quantitative estimate of drug-likeness (QED) is 0.741. The second-order valence-electron chi connectivity index (χ2n) is 4.68. The number of benzene rings is 1. The first-order chi connectivity index (χ1) is 9.85. The van der Waals surface area contributed by atoms with E-state index < -0.39 is 6.04 Å². The largest absolute Gasteiger partial charge is 0.495 e. The van der Waals surface area contributed by atoms with Crippen molar-refractivity contribution in [2.45, 2.75) is 26.3 Å². The fourth-order valence-corrected chi connectivity index (χ4v) is 1.76. The second-order valence-corrected chi connectivity index (χ2v) is 5.09. The number of hydrogen-bond acceptors (Lipinski definition) is 4. The van der Waals surface area contributed by atoms with Gasteiger partial charge in [-0.3, -0.25) is 9.59 Å². The molecule has 7 heteroatoms. The molecule has 0 aliphatic rings. The van der Waals surface area contributed by atoms with E-state index in [1.165, 1.54) is 7.11 Å². The topological polar surface area (TPSA) is 93.5 Å². The van der Waals surface area contributed by atoms with Crippen molar-refractivity contribution in [1.29, 1.82) is 0 Å². The maximum Gasteiger partial charge on any atom is 0.236 e. The molecule has 0 radical (unpaired) electrons. The minimum Gasteiger partial charge on any atom is -0.495 e. The number of rotatable bonds is 6. The van der Waals surface area contributed by atoms with Gasteiger partial charge in [-0.2, -0.15) is 0 Å². The van der Waals surface area contributed by atoms with Crippen molar-refractivity contribution < 1.29 is 14.3 Å². The van der Waals surface area contributed by atoms with Gasteiger partial charge in [-0.05, 0) is 25.5 Å². The smallest absolute Gasteiger partial charge is 0.236 e. The third-order valence-electron chi connectivity index (χ3n) is 2.82. The standard InChI is InChI=1S/C14H20ClN3O3/c1-8-6-11(12(21-3)7-10(8)15)18-13(19)4-5-17-14(20)9(2)16/h6-7,9H,4-5,16H2,1-3H3,(H,17,20)(H,18,19)/t9-/m1/s1. The molecule has 0 spiro atoms. The van der Waals surface area contributed by atoms with Gasteiger partial charge in [-0.15, -0.1) is 0 Å². The highest BCUT2D eigenvalue weighted by molar-refractivity contribution is 6.31. The molecule has 1 aromatic carbocycles. The first-order valence-corrected chi connectivity index (χ1v) is 6.90. The average molecular weight is 314 g/mol. The number of carbonyl (C=O) groups excluding carboxylic acids is 2. The number of amides is 2. The van der Waals surface area contributed by atoms with Crippen LogP contribution >= 0.6 is 11.6 Å². The van der Waals surface area contributed by atoms with Gasteiger partial charge in [0.05, 0.1) is 18.8 Å². The monoisotopic (exact) mass is 313 g/mol. The number of halogens is 1. The Kier molecular flexibility index (Phi) is 6.45. The summed E-state index contributed by atoms with van der Waals surface area (Å²) in [6.07, 6.45) is 0.142. The lowest BCUT2D eigenvalue weighted by atomic mass is 10.2. The van der Waals surface area contributed by atoms with Gasteiger partial charge in [-0.1, -0.05) is 11.6 Å². The van der Waals surface area contributed by atoms with Crippen molar-refractivity contribution >= 4 is 29.1 Å². The van der Waals surface area contributed by atoms with E-state index in [4.69, 9.17) is 22.1 Å². The molecule has 2 amide bonds. The lowest BCUT2D eigenvalue weighted by molar-refractivity contribution is -0.122. The maximum absolute atomic E-state index is 11.8. The summed E-state index contributed by atoms with van der Waals surface area (Å²) in [6.45, 7) is 3.64. The fourth-order valence-electron chi connectivity index (χ4n) is 1.60. The van der Waals surface area contributed by atoms with Crippen LogP contribution in [0.4, 0.5) is 5.69 Å². The molecule has 21 heavy (non-hydrogen) atoms. The molecule has 4 N–H and O–H groups in total. The molecule has 6 nitrogen and oxygen atoms in total. The summed E-state index contributed by atoms with van der Waals surface area (Å²) in [5, 5.41) is 5.86. The molecule has 1 aromatic rings. The van der Waals surface area contributed by atoms with Crippen LogP contribution in [0.2, 0.25) is 5.02 Å². The number of hydrogen-bond donors (Lipinski definition) is 3. The SMILES string of the molecule is COc1cc(Cl)c(C)cc1NC(=O)CCNC(=O)[C@@H](C)N. The van der Waals surface area contributed by atoms with E-state index in [1.54, 1.807) is 19.1 Å². The molecule has 0 bridgehead atoms. The highest BCUT2D eigenvalue weighted by Crippen LogP contribution is 2.30. The highest BCUT2D eigenvalue weighted by Gasteiger charge is 2.11. The van der Waals surface area contributed by atoms with E-state index in [9.17, 15) is 9.59 Å². The molecule has 0 heterocycles. The van der Waals surface area contributed by atoms with Crippen molar-refractivity contribution in [1.82, 2.24) is 5.32 Å². The molecule has 0 saturated heterocycles. The van der Waals surface area contributed by atoms with Crippen LogP contribution in [-0.4, -0.2) is 31.5 Å². The Hall–Kier alpha value is -1.79. The van der Waals surface area contributed by atoms with Crippen LogP contribution in [0.25, 0.3) is 0 Å². The number of methoxy groups -OCH3 is 1. The van der Waals surface area contributed by atoms with E-state index in [0.29, 0.717) is 16.5 Å². The van der Waals surface area contributed by atoms with Crippen LogP contribution in [0.3, 0.4) is 0 Å². The van der Waals surface area contributed by atoms with E-state index in [2.05, 4.69) is 10.6 Å². The van der Waals surface area contributed by atoms with Gasteiger partial charge >= 0.3 is 0 Å². The van der Waals surface area contributed by atoms with Crippen LogP contribution in [0, 0.1) is 6.92 Å². The summed E-state index contributed by atoms with van der Waals surface area (Å²) >= 11 is 6.00. The van der Waals surface area contributed by atoms with Gasteiger partial charge < -0.3 is 21.1 Å². The van der Waals surface area contributed by atoms with E-state index in [1.807, 2.05) is 6.92 Å². The molecule has 0 aliphatic heterocycles. The lowest BCUT2D eigenvalue weighted by Crippen LogP contribution is -2.39. The van der Waals surface area contributed by atoms with Crippen molar-refractivity contribution in [2.24, 2.45) is 5.73 Å². The zero-order valence-electron chi connectivity index (χ0n) is 12.3. The first kappa shape index (κ1) is 17.3. The molecule has 0 unspecified atom stereocenters. The van der Waals surface area contributed by atoms with Crippen molar-refractivity contribution in [2.75, 3.05) is 19.0 Å². The van der Waals surface area contributed by atoms with Crippen LogP contribution in [0.1, 0.15) is 18.9 Å². The normalized spacial score (nSPS) is 11.7. The van der Waals surface area contributed by atoms with Crippen molar-refractivity contribution in [3.05, 3.63) is 22.7 Å². The molecule has 0 fully saturated rings. The average Bonchev–Trinajstić information content (AvgIpc) is 2.42. The maximum atomic E-state index is 11.8. The Morgan fingerprint density at radius 3 is 2.67 bits per heavy atom. The van der Waals surface area contributed by atoms with E-state index in [-0.39, 0.29) is 24.8 Å². The summed E-state index contributed by atoms with van der Waals surface area (Å²) < 4.78 is 5.17. The molecular weight excluding hydrogens is 294 g/mol. The summed E-state index contributed by atoms with van der Waals surface area (Å²) in [5.74, 6) is -0.0405. The van der Waals surface area contributed by atoms with E-state index in [0.717, 1.165) is 5.56 Å². The third kappa shape index (κ3) is 5.24.